The molecule has 0 fully saturated rings. The standard InChI is InChI=1S/C11H13N7O3/c1-3-12-8-6-4-5-7(9(8)18(20)21)10(19)13-11-14-16-17(2)15-11/h4-6,12H,3H2,1-2H3,(H,13,15,19). The van der Waals surface area contributed by atoms with Gasteiger partial charge in [0.2, 0.25) is 0 Å². The topological polar surface area (TPSA) is 128 Å². The summed E-state index contributed by atoms with van der Waals surface area (Å²) in [5, 5.41) is 27.4. The number of carbonyl (C=O) groups excluding carboxylic acids is 1. The van der Waals surface area contributed by atoms with Crippen LogP contribution in [0.4, 0.5) is 17.3 Å². The highest BCUT2D eigenvalue weighted by Gasteiger charge is 2.25. The highest BCUT2D eigenvalue weighted by atomic mass is 16.6. The zero-order valence-corrected chi connectivity index (χ0v) is 11.4. The molecule has 1 heterocycles. The van der Waals surface area contributed by atoms with E-state index in [-0.39, 0.29) is 22.9 Å². The van der Waals surface area contributed by atoms with Crippen LogP contribution in [0.1, 0.15) is 17.3 Å². The Morgan fingerprint density at radius 1 is 1.48 bits per heavy atom. The highest BCUT2D eigenvalue weighted by molar-refractivity contribution is 6.07. The summed E-state index contributed by atoms with van der Waals surface area (Å²) in [4.78, 5) is 23.9. The molecule has 10 nitrogen and oxygen atoms in total. The summed E-state index contributed by atoms with van der Waals surface area (Å²) in [5.41, 5.74) is -0.0890. The Labute approximate surface area is 119 Å². The smallest absolute Gasteiger partial charge is 0.305 e. The van der Waals surface area contributed by atoms with Gasteiger partial charge in [0, 0.05) is 6.54 Å². The summed E-state index contributed by atoms with van der Waals surface area (Å²) in [6, 6.07) is 4.47. The summed E-state index contributed by atoms with van der Waals surface area (Å²) >= 11 is 0. The number of rotatable bonds is 5. The second-order valence-corrected chi connectivity index (χ2v) is 4.05. The molecule has 0 saturated heterocycles. The number of nitro benzene ring substituents is 1. The monoisotopic (exact) mass is 291 g/mol. The van der Waals surface area contributed by atoms with Crippen LogP contribution in [0.5, 0.6) is 0 Å². The summed E-state index contributed by atoms with van der Waals surface area (Å²) in [7, 11) is 1.54. The molecule has 0 spiro atoms. The Hall–Kier alpha value is -3.04. The first-order valence-corrected chi connectivity index (χ1v) is 6.09. The molecule has 0 atom stereocenters. The normalized spacial score (nSPS) is 10.2. The van der Waals surface area contributed by atoms with E-state index in [0.29, 0.717) is 6.54 Å². The average Bonchev–Trinajstić information content (AvgIpc) is 2.84. The fraction of sp³-hybridized carbons (Fsp3) is 0.273. The van der Waals surface area contributed by atoms with Crippen LogP contribution in [-0.2, 0) is 7.05 Å². The van der Waals surface area contributed by atoms with Crippen molar-refractivity contribution in [3.05, 3.63) is 33.9 Å². The van der Waals surface area contributed by atoms with Crippen LogP contribution in [0.3, 0.4) is 0 Å². The largest absolute Gasteiger partial charge is 0.380 e. The number of anilines is 2. The molecule has 110 valence electrons. The molecule has 0 bridgehead atoms. The molecule has 1 aromatic heterocycles. The lowest BCUT2D eigenvalue weighted by molar-refractivity contribution is -0.384. The first-order valence-electron chi connectivity index (χ1n) is 6.09. The van der Waals surface area contributed by atoms with E-state index in [1.807, 2.05) is 0 Å². The van der Waals surface area contributed by atoms with Gasteiger partial charge in [0.15, 0.2) is 0 Å². The number of amides is 1. The van der Waals surface area contributed by atoms with Gasteiger partial charge in [-0.25, -0.2) is 0 Å². The molecule has 0 aliphatic carbocycles. The highest BCUT2D eigenvalue weighted by Crippen LogP contribution is 2.28. The number of nitrogens with one attached hydrogen (secondary N) is 2. The predicted octanol–water partition coefficient (Wildman–Crippen LogP) is 0.802. The van der Waals surface area contributed by atoms with E-state index < -0.39 is 10.8 Å². The molecule has 21 heavy (non-hydrogen) atoms. The van der Waals surface area contributed by atoms with E-state index >= 15 is 0 Å². The van der Waals surface area contributed by atoms with Crippen LogP contribution in [0, 0.1) is 10.1 Å². The maximum Gasteiger partial charge on any atom is 0.305 e. The number of tetrazole rings is 1. The van der Waals surface area contributed by atoms with E-state index in [4.69, 9.17) is 0 Å². The van der Waals surface area contributed by atoms with Crippen molar-refractivity contribution in [3.8, 4) is 0 Å². The lowest BCUT2D eigenvalue weighted by Crippen LogP contribution is -2.16. The summed E-state index contributed by atoms with van der Waals surface area (Å²) in [6.07, 6.45) is 0. The van der Waals surface area contributed by atoms with Crippen LogP contribution in [-0.4, -0.2) is 37.6 Å². The Morgan fingerprint density at radius 3 is 2.81 bits per heavy atom. The molecule has 0 unspecified atom stereocenters. The zero-order valence-electron chi connectivity index (χ0n) is 11.4. The van der Waals surface area contributed by atoms with Gasteiger partial charge in [-0.2, -0.15) is 4.80 Å². The van der Waals surface area contributed by atoms with Crippen LogP contribution in [0.2, 0.25) is 0 Å². The lowest BCUT2D eigenvalue weighted by Gasteiger charge is -2.08. The number of nitro groups is 1. The van der Waals surface area contributed by atoms with Crippen molar-refractivity contribution < 1.29 is 9.72 Å². The fourth-order valence-electron chi connectivity index (χ4n) is 1.76. The molecule has 1 aromatic carbocycles. The molecular formula is C11H13N7O3. The van der Waals surface area contributed by atoms with E-state index in [1.54, 1.807) is 19.1 Å². The molecular weight excluding hydrogens is 278 g/mol. The van der Waals surface area contributed by atoms with Crippen LogP contribution in [0.15, 0.2) is 18.2 Å². The number of hydrogen-bond acceptors (Lipinski definition) is 7. The van der Waals surface area contributed by atoms with E-state index in [1.165, 1.54) is 17.9 Å². The van der Waals surface area contributed by atoms with Crippen LogP contribution < -0.4 is 10.6 Å². The zero-order chi connectivity index (χ0) is 15.4. The van der Waals surface area contributed by atoms with E-state index in [2.05, 4.69) is 26.0 Å². The van der Waals surface area contributed by atoms with Crippen molar-refractivity contribution in [1.29, 1.82) is 0 Å². The van der Waals surface area contributed by atoms with Gasteiger partial charge in [-0.1, -0.05) is 11.2 Å². The van der Waals surface area contributed by atoms with Gasteiger partial charge in [-0.05, 0) is 24.3 Å². The first kappa shape index (κ1) is 14.4. The Balaban J connectivity index is 2.35. The minimum Gasteiger partial charge on any atom is -0.380 e. The first-order chi connectivity index (χ1) is 10.0. The molecule has 0 radical (unpaired) electrons. The van der Waals surface area contributed by atoms with Gasteiger partial charge < -0.3 is 5.32 Å². The summed E-state index contributed by atoms with van der Waals surface area (Å²) in [5.74, 6) is -0.694. The van der Waals surface area contributed by atoms with Gasteiger partial charge in [0.25, 0.3) is 11.9 Å². The van der Waals surface area contributed by atoms with Crippen molar-refractivity contribution in [3.63, 3.8) is 0 Å². The van der Waals surface area contributed by atoms with Crippen molar-refractivity contribution in [2.45, 2.75) is 6.92 Å². The third-order valence-electron chi connectivity index (χ3n) is 2.56. The van der Waals surface area contributed by atoms with Crippen molar-refractivity contribution in [2.24, 2.45) is 7.05 Å². The number of nitrogens with zero attached hydrogens (tertiary/aromatic N) is 5. The quantitative estimate of drug-likeness (QED) is 0.616. The summed E-state index contributed by atoms with van der Waals surface area (Å²) < 4.78 is 0. The molecule has 0 aliphatic rings. The van der Waals surface area contributed by atoms with E-state index in [0.717, 1.165) is 0 Å². The Kier molecular flexibility index (Phi) is 4.07. The summed E-state index contributed by atoms with van der Waals surface area (Å²) in [6.45, 7) is 2.30. The van der Waals surface area contributed by atoms with Crippen molar-refractivity contribution in [2.75, 3.05) is 17.2 Å². The second-order valence-electron chi connectivity index (χ2n) is 4.05. The number of hydrogen-bond donors (Lipinski definition) is 2. The van der Waals surface area contributed by atoms with Gasteiger partial charge in [0.05, 0.1) is 12.0 Å². The third kappa shape index (κ3) is 3.11. The van der Waals surface area contributed by atoms with Crippen molar-refractivity contribution >= 4 is 23.2 Å². The molecule has 0 saturated carbocycles. The van der Waals surface area contributed by atoms with Crippen LogP contribution >= 0.6 is 0 Å². The number of aryl methyl sites for hydroxylation is 1. The average molecular weight is 291 g/mol. The molecule has 1 amide bonds. The van der Waals surface area contributed by atoms with E-state index in [9.17, 15) is 14.9 Å². The minimum absolute atomic E-state index is 0.0225. The Bertz CT molecular complexity index is 682. The number of aromatic nitrogens is 4. The lowest BCUT2D eigenvalue weighted by atomic mass is 10.1. The molecule has 2 N–H and O–H groups in total. The number of carbonyl (C=O) groups is 1. The molecule has 2 rings (SSSR count). The predicted molar refractivity (Wildman–Crippen MR) is 74.0 cm³/mol. The number of para-hydroxylation sites is 1. The van der Waals surface area contributed by atoms with Crippen LogP contribution in [0.25, 0.3) is 0 Å². The van der Waals surface area contributed by atoms with Gasteiger partial charge >= 0.3 is 5.69 Å². The molecule has 0 aliphatic heterocycles. The van der Waals surface area contributed by atoms with Gasteiger partial charge in [-0.15, -0.1) is 5.10 Å². The Morgan fingerprint density at radius 2 is 2.24 bits per heavy atom. The maximum absolute atomic E-state index is 12.1. The fourth-order valence-corrected chi connectivity index (χ4v) is 1.76. The van der Waals surface area contributed by atoms with Gasteiger partial charge in [0.1, 0.15) is 11.3 Å². The molecule has 10 heteroatoms. The third-order valence-corrected chi connectivity index (χ3v) is 2.56. The second kappa shape index (κ2) is 5.94. The molecule has 2 aromatic rings. The SMILES string of the molecule is CCNc1cccc(C(=O)Nc2nnn(C)n2)c1[N+](=O)[O-]. The minimum atomic E-state index is -0.672. The van der Waals surface area contributed by atoms with Crippen molar-refractivity contribution in [1.82, 2.24) is 20.2 Å². The number of benzene rings is 1. The van der Waals surface area contributed by atoms with Gasteiger partial charge in [-0.3, -0.25) is 20.2 Å². The maximum atomic E-state index is 12.1.